The van der Waals surface area contributed by atoms with Crippen LogP contribution in [0.3, 0.4) is 0 Å². The molecule has 0 unspecified atom stereocenters. The van der Waals surface area contributed by atoms with Crippen molar-refractivity contribution < 1.29 is 4.39 Å². The lowest BCUT2D eigenvalue weighted by Gasteiger charge is -2.43. The average Bonchev–Trinajstić information content (AvgIpc) is 2.56. The number of hydrogen-bond donors (Lipinski definition) is 1. The summed E-state index contributed by atoms with van der Waals surface area (Å²) in [5.41, 5.74) is 1.83. The quantitative estimate of drug-likeness (QED) is 0.808. The number of rotatable bonds is 1. The first-order valence-electron chi connectivity index (χ1n) is 8.11. The highest BCUT2D eigenvalue weighted by atomic mass is 32.1. The van der Waals surface area contributed by atoms with Crippen LogP contribution in [0.25, 0.3) is 0 Å². The molecule has 2 atom stereocenters. The summed E-state index contributed by atoms with van der Waals surface area (Å²) in [7, 11) is 0. The Morgan fingerprint density at radius 2 is 2.00 bits per heavy atom. The number of likely N-dealkylation sites (tertiary alicyclic amines) is 1. The van der Waals surface area contributed by atoms with Crippen LogP contribution < -0.4 is 10.9 Å². The third kappa shape index (κ3) is 2.82. The molecular weight excluding hydrogens is 325 g/mol. The summed E-state index contributed by atoms with van der Waals surface area (Å²) >= 11 is 5.53. The third-order valence-corrected chi connectivity index (χ3v) is 5.20. The minimum absolute atomic E-state index is 0.0797. The lowest BCUT2D eigenvalue weighted by molar-refractivity contribution is 0.180. The molecule has 0 saturated carbocycles. The number of benzene rings is 1. The molecule has 2 aliphatic heterocycles. The van der Waals surface area contributed by atoms with Gasteiger partial charge in [-0.2, -0.15) is 0 Å². The molecule has 2 aromatic rings. The van der Waals surface area contributed by atoms with Gasteiger partial charge in [0.1, 0.15) is 5.82 Å². The van der Waals surface area contributed by atoms with E-state index in [1.165, 1.54) is 12.1 Å². The van der Waals surface area contributed by atoms with E-state index >= 15 is 0 Å². The fourth-order valence-electron chi connectivity index (χ4n) is 3.83. The SMILES string of the molecule is O=c1cccc2n1C[C@H]1C[C@H]2CN(C(=S)Nc2cccc(F)c2)C1. The van der Waals surface area contributed by atoms with E-state index in [4.69, 9.17) is 12.2 Å². The molecule has 1 N–H and O–H groups in total. The molecule has 1 aromatic carbocycles. The van der Waals surface area contributed by atoms with Crippen molar-refractivity contribution in [1.29, 1.82) is 0 Å². The smallest absolute Gasteiger partial charge is 0.250 e. The summed E-state index contributed by atoms with van der Waals surface area (Å²) in [6.07, 6.45) is 1.09. The largest absolute Gasteiger partial charge is 0.348 e. The van der Waals surface area contributed by atoms with Gasteiger partial charge in [-0.3, -0.25) is 4.79 Å². The number of aromatic nitrogens is 1. The number of piperidine rings is 1. The van der Waals surface area contributed by atoms with Gasteiger partial charge in [-0.25, -0.2) is 4.39 Å². The number of fused-ring (bicyclic) bond motifs is 4. The predicted octanol–water partition coefficient (Wildman–Crippen LogP) is 2.80. The second-order valence-corrected chi connectivity index (χ2v) is 6.93. The van der Waals surface area contributed by atoms with Crippen molar-refractivity contribution in [1.82, 2.24) is 9.47 Å². The van der Waals surface area contributed by atoms with Gasteiger partial charge in [0, 0.05) is 43.0 Å². The first-order valence-corrected chi connectivity index (χ1v) is 8.52. The minimum Gasteiger partial charge on any atom is -0.348 e. The lowest BCUT2D eigenvalue weighted by Crippen LogP contribution is -2.50. The van der Waals surface area contributed by atoms with Crippen LogP contribution in [0, 0.1) is 11.7 Å². The van der Waals surface area contributed by atoms with Gasteiger partial charge in [-0.05, 0) is 48.8 Å². The maximum Gasteiger partial charge on any atom is 0.250 e. The highest BCUT2D eigenvalue weighted by molar-refractivity contribution is 7.80. The Kier molecular flexibility index (Phi) is 3.84. The van der Waals surface area contributed by atoms with Crippen molar-refractivity contribution in [2.75, 3.05) is 18.4 Å². The molecule has 0 spiro atoms. The fourth-order valence-corrected chi connectivity index (χ4v) is 4.10. The molecule has 6 heteroatoms. The molecule has 0 amide bonds. The first-order chi connectivity index (χ1) is 11.6. The van der Waals surface area contributed by atoms with Crippen LogP contribution in [-0.2, 0) is 6.54 Å². The summed E-state index contributed by atoms with van der Waals surface area (Å²) < 4.78 is 15.2. The number of hydrogen-bond acceptors (Lipinski definition) is 2. The lowest BCUT2D eigenvalue weighted by atomic mass is 9.83. The summed E-state index contributed by atoms with van der Waals surface area (Å²) in [5.74, 6) is 0.425. The molecule has 124 valence electrons. The third-order valence-electron chi connectivity index (χ3n) is 4.84. The second kappa shape index (κ2) is 6.02. The Morgan fingerprint density at radius 3 is 2.83 bits per heavy atom. The van der Waals surface area contributed by atoms with E-state index in [0.717, 1.165) is 31.7 Å². The molecule has 1 fully saturated rings. The topological polar surface area (TPSA) is 37.3 Å². The predicted molar refractivity (Wildman–Crippen MR) is 95.7 cm³/mol. The maximum absolute atomic E-state index is 13.3. The highest BCUT2D eigenvalue weighted by Gasteiger charge is 2.35. The van der Waals surface area contributed by atoms with Crippen LogP contribution in [0.2, 0.25) is 0 Å². The Morgan fingerprint density at radius 1 is 1.17 bits per heavy atom. The van der Waals surface area contributed by atoms with Crippen molar-refractivity contribution in [3.63, 3.8) is 0 Å². The zero-order chi connectivity index (χ0) is 16.7. The van der Waals surface area contributed by atoms with Gasteiger partial charge < -0.3 is 14.8 Å². The zero-order valence-corrected chi connectivity index (χ0v) is 13.9. The standard InChI is InChI=1S/C18H18FN3OS/c19-14-3-1-4-15(8-14)20-18(24)21-9-12-7-13(11-21)16-5-2-6-17(23)22(16)10-12/h1-6,8,12-13H,7,9-11H2,(H,20,24)/t12-,13-/m0/s1. The van der Waals surface area contributed by atoms with Crippen LogP contribution in [0.15, 0.2) is 47.3 Å². The molecule has 0 aliphatic carbocycles. The van der Waals surface area contributed by atoms with E-state index in [-0.39, 0.29) is 11.4 Å². The Bertz CT molecular complexity index is 850. The minimum atomic E-state index is -0.286. The van der Waals surface area contributed by atoms with Crippen molar-refractivity contribution in [3.8, 4) is 0 Å². The Labute approximate surface area is 144 Å². The fraction of sp³-hybridized carbons (Fsp3) is 0.333. The molecule has 2 bridgehead atoms. The number of thiocarbonyl (C=S) groups is 1. The van der Waals surface area contributed by atoms with E-state index in [9.17, 15) is 9.18 Å². The normalized spacial score (nSPS) is 22.0. The summed E-state index contributed by atoms with van der Waals surface area (Å²) in [5, 5.41) is 3.74. The molecule has 2 aliphatic rings. The van der Waals surface area contributed by atoms with Gasteiger partial charge >= 0.3 is 0 Å². The number of nitrogens with one attached hydrogen (secondary N) is 1. The summed E-state index contributed by atoms with van der Waals surface area (Å²) in [6.45, 7) is 2.34. The molecule has 4 nitrogen and oxygen atoms in total. The van der Waals surface area contributed by atoms with Crippen LogP contribution in [-0.4, -0.2) is 27.7 Å². The van der Waals surface area contributed by atoms with Crippen molar-refractivity contribution >= 4 is 23.0 Å². The van der Waals surface area contributed by atoms with Crippen LogP contribution in [0.4, 0.5) is 10.1 Å². The summed E-state index contributed by atoms with van der Waals surface area (Å²) in [6, 6.07) is 11.8. The van der Waals surface area contributed by atoms with E-state index < -0.39 is 0 Å². The van der Waals surface area contributed by atoms with Crippen LogP contribution in [0.5, 0.6) is 0 Å². The molecule has 1 aromatic heterocycles. The Balaban J connectivity index is 1.53. The molecule has 4 rings (SSSR count). The maximum atomic E-state index is 13.3. The number of halogens is 1. The number of anilines is 1. The van der Waals surface area contributed by atoms with Crippen LogP contribution in [0.1, 0.15) is 18.0 Å². The summed E-state index contributed by atoms with van der Waals surface area (Å²) in [4.78, 5) is 14.2. The van der Waals surface area contributed by atoms with E-state index in [1.807, 2.05) is 16.7 Å². The van der Waals surface area contributed by atoms with E-state index in [1.54, 1.807) is 18.2 Å². The zero-order valence-electron chi connectivity index (χ0n) is 13.1. The monoisotopic (exact) mass is 343 g/mol. The molecule has 24 heavy (non-hydrogen) atoms. The van der Waals surface area contributed by atoms with Gasteiger partial charge in [0.25, 0.3) is 5.56 Å². The number of nitrogens with zero attached hydrogens (tertiary/aromatic N) is 2. The molecule has 0 radical (unpaired) electrons. The van der Waals surface area contributed by atoms with Crippen molar-refractivity contribution in [3.05, 3.63) is 64.3 Å². The first kappa shape index (κ1) is 15.3. The molecular formula is C18H18FN3OS. The van der Waals surface area contributed by atoms with Gasteiger partial charge in [-0.15, -0.1) is 0 Å². The van der Waals surface area contributed by atoms with E-state index in [0.29, 0.717) is 22.6 Å². The van der Waals surface area contributed by atoms with Gasteiger partial charge in [0.15, 0.2) is 5.11 Å². The van der Waals surface area contributed by atoms with Crippen molar-refractivity contribution in [2.45, 2.75) is 18.9 Å². The van der Waals surface area contributed by atoms with Gasteiger partial charge in [0.05, 0.1) is 0 Å². The average molecular weight is 343 g/mol. The highest BCUT2D eigenvalue weighted by Crippen LogP contribution is 2.35. The molecule has 1 saturated heterocycles. The van der Waals surface area contributed by atoms with E-state index in [2.05, 4.69) is 10.2 Å². The van der Waals surface area contributed by atoms with Crippen LogP contribution >= 0.6 is 12.2 Å². The Hall–Kier alpha value is -2.21. The van der Waals surface area contributed by atoms with Gasteiger partial charge in [0.2, 0.25) is 0 Å². The number of pyridine rings is 1. The second-order valence-electron chi connectivity index (χ2n) is 6.54. The van der Waals surface area contributed by atoms with Crippen molar-refractivity contribution in [2.24, 2.45) is 5.92 Å². The van der Waals surface area contributed by atoms with Gasteiger partial charge in [-0.1, -0.05) is 12.1 Å². The molecule has 3 heterocycles.